The zero-order chi connectivity index (χ0) is 19.5. The highest BCUT2D eigenvalue weighted by molar-refractivity contribution is 5.75. The van der Waals surface area contributed by atoms with Crippen LogP contribution in [-0.4, -0.2) is 41.9 Å². The van der Waals surface area contributed by atoms with Crippen molar-refractivity contribution in [3.63, 3.8) is 0 Å². The summed E-state index contributed by atoms with van der Waals surface area (Å²) < 4.78 is 1.22. The number of benzene rings is 1. The maximum atomic E-state index is 12.2. The monoisotopic (exact) mass is 371 g/mol. The first-order chi connectivity index (χ1) is 13.1. The first-order valence-electron chi connectivity index (χ1n) is 9.88. The number of aromatic nitrogens is 2. The first kappa shape index (κ1) is 20.8. The molecule has 0 bridgehead atoms. The van der Waals surface area contributed by atoms with Gasteiger partial charge >= 0.3 is 0 Å². The number of nitrogens with one attached hydrogen (secondary N) is 2. The van der Waals surface area contributed by atoms with Gasteiger partial charge in [0.15, 0.2) is 0 Å². The van der Waals surface area contributed by atoms with E-state index in [0.717, 1.165) is 25.1 Å². The third-order valence-electron chi connectivity index (χ3n) is 4.64. The number of hydrogen-bond acceptors (Lipinski definition) is 3. The van der Waals surface area contributed by atoms with Crippen LogP contribution in [0.3, 0.4) is 0 Å². The summed E-state index contributed by atoms with van der Waals surface area (Å²) in [5.41, 5.74) is 1.33. The quantitative estimate of drug-likeness (QED) is 0.582. The minimum atomic E-state index is -0.272. The Hall–Kier alpha value is -2.47. The summed E-state index contributed by atoms with van der Waals surface area (Å²) in [6, 6.07) is 12.8. The van der Waals surface area contributed by atoms with Crippen LogP contribution in [0.15, 0.2) is 47.3 Å². The van der Waals surface area contributed by atoms with Crippen molar-refractivity contribution >= 4 is 5.91 Å². The molecular formula is C21H31N4O2+. The van der Waals surface area contributed by atoms with Gasteiger partial charge in [0, 0.05) is 24.6 Å². The van der Waals surface area contributed by atoms with Gasteiger partial charge in [-0.3, -0.25) is 9.59 Å². The summed E-state index contributed by atoms with van der Waals surface area (Å²) in [6.07, 6.45) is 3.39. The lowest BCUT2D eigenvalue weighted by Crippen LogP contribution is -3.11. The molecule has 1 unspecified atom stereocenters. The van der Waals surface area contributed by atoms with E-state index >= 15 is 0 Å². The Bertz CT molecular complexity index is 758. The van der Waals surface area contributed by atoms with Crippen LogP contribution in [0.2, 0.25) is 0 Å². The molecular weight excluding hydrogens is 340 g/mol. The van der Waals surface area contributed by atoms with E-state index in [2.05, 4.69) is 24.3 Å². The van der Waals surface area contributed by atoms with E-state index in [9.17, 15) is 9.59 Å². The fraction of sp³-hybridized carbons (Fsp3) is 0.476. The topological polar surface area (TPSA) is 68.4 Å². The Morgan fingerprint density at radius 3 is 2.52 bits per heavy atom. The van der Waals surface area contributed by atoms with Crippen LogP contribution < -0.4 is 15.8 Å². The lowest BCUT2D eigenvalue weighted by Gasteiger charge is -2.17. The van der Waals surface area contributed by atoms with Crippen LogP contribution in [-0.2, 0) is 11.3 Å². The standard InChI is InChI=1S/C21H30N4O2/c1-3-5-15-24(4-2)16-9-14-22-20(26)17-25-21(27)13-12-19(23-25)18-10-7-6-8-11-18/h6-8,10-13H,3-5,9,14-17H2,1-2H3,(H,22,26)/p+1. The molecule has 0 aliphatic carbocycles. The zero-order valence-electron chi connectivity index (χ0n) is 16.4. The summed E-state index contributed by atoms with van der Waals surface area (Å²) in [5.74, 6) is -0.179. The van der Waals surface area contributed by atoms with Gasteiger partial charge < -0.3 is 10.2 Å². The normalized spacial score (nSPS) is 11.9. The molecule has 27 heavy (non-hydrogen) atoms. The number of quaternary nitrogens is 1. The molecule has 2 aromatic rings. The smallest absolute Gasteiger partial charge is 0.267 e. The maximum Gasteiger partial charge on any atom is 0.267 e. The van der Waals surface area contributed by atoms with Crippen LogP contribution in [0.5, 0.6) is 0 Å². The van der Waals surface area contributed by atoms with Crippen LogP contribution >= 0.6 is 0 Å². The molecule has 0 radical (unpaired) electrons. The SMILES string of the molecule is CCCC[NH+](CC)CCCNC(=O)Cn1nc(-c2ccccc2)ccc1=O. The Kier molecular flexibility index (Phi) is 8.71. The molecule has 1 amide bonds. The number of unbranched alkanes of at least 4 members (excludes halogenated alkanes) is 1. The Morgan fingerprint density at radius 2 is 1.81 bits per heavy atom. The predicted molar refractivity (Wildman–Crippen MR) is 108 cm³/mol. The number of hydrogen-bond donors (Lipinski definition) is 2. The fourth-order valence-corrected chi connectivity index (χ4v) is 2.99. The highest BCUT2D eigenvalue weighted by atomic mass is 16.2. The van der Waals surface area contributed by atoms with E-state index in [1.165, 1.54) is 30.1 Å². The maximum absolute atomic E-state index is 12.2. The molecule has 1 aromatic carbocycles. The van der Waals surface area contributed by atoms with Gasteiger partial charge in [0.25, 0.3) is 5.56 Å². The van der Waals surface area contributed by atoms with Crippen molar-refractivity contribution in [3.05, 3.63) is 52.8 Å². The largest absolute Gasteiger partial charge is 0.354 e. The van der Waals surface area contributed by atoms with E-state index in [4.69, 9.17) is 0 Å². The van der Waals surface area contributed by atoms with Gasteiger partial charge in [0.2, 0.25) is 5.91 Å². The average Bonchev–Trinajstić information content (AvgIpc) is 2.70. The zero-order valence-corrected chi connectivity index (χ0v) is 16.4. The third-order valence-corrected chi connectivity index (χ3v) is 4.64. The lowest BCUT2D eigenvalue weighted by atomic mass is 10.1. The van der Waals surface area contributed by atoms with Gasteiger partial charge in [-0.25, -0.2) is 4.68 Å². The van der Waals surface area contributed by atoms with Gasteiger partial charge in [0.05, 0.1) is 25.3 Å². The van der Waals surface area contributed by atoms with Crippen molar-refractivity contribution < 1.29 is 9.69 Å². The molecule has 2 N–H and O–H groups in total. The van der Waals surface area contributed by atoms with Crippen molar-refractivity contribution in [2.75, 3.05) is 26.2 Å². The highest BCUT2D eigenvalue weighted by Gasteiger charge is 2.09. The summed E-state index contributed by atoms with van der Waals surface area (Å²) in [6.45, 7) is 8.32. The van der Waals surface area contributed by atoms with Crippen LogP contribution in [0.4, 0.5) is 0 Å². The van der Waals surface area contributed by atoms with E-state index in [0.29, 0.717) is 12.2 Å². The molecule has 0 fully saturated rings. The van der Waals surface area contributed by atoms with Gasteiger partial charge in [-0.2, -0.15) is 5.10 Å². The second-order valence-corrected chi connectivity index (χ2v) is 6.74. The van der Waals surface area contributed by atoms with E-state index in [1.54, 1.807) is 11.0 Å². The predicted octanol–water partition coefficient (Wildman–Crippen LogP) is 1.12. The lowest BCUT2D eigenvalue weighted by molar-refractivity contribution is -0.898. The average molecular weight is 372 g/mol. The molecule has 1 aromatic heterocycles. The number of rotatable bonds is 11. The summed E-state index contributed by atoms with van der Waals surface area (Å²) >= 11 is 0. The minimum absolute atomic E-state index is 0.0559. The molecule has 0 spiro atoms. The molecule has 2 rings (SSSR count). The van der Waals surface area contributed by atoms with Crippen LogP contribution in [0, 0.1) is 0 Å². The van der Waals surface area contributed by atoms with E-state index < -0.39 is 0 Å². The molecule has 0 saturated carbocycles. The molecule has 6 nitrogen and oxygen atoms in total. The molecule has 0 aliphatic rings. The number of carbonyl (C=O) groups excluding carboxylic acids is 1. The van der Waals surface area contributed by atoms with Gasteiger partial charge in [-0.05, 0) is 19.4 Å². The van der Waals surface area contributed by atoms with E-state index in [-0.39, 0.29) is 18.0 Å². The second-order valence-electron chi connectivity index (χ2n) is 6.74. The number of amides is 1. The van der Waals surface area contributed by atoms with Crippen molar-refractivity contribution in [1.29, 1.82) is 0 Å². The van der Waals surface area contributed by atoms with Gasteiger partial charge in [0.1, 0.15) is 6.54 Å². The fourth-order valence-electron chi connectivity index (χ4n) is 2.99. The van der Waals surface area contributed by atoms with Gasteiger partial charge in [-0.1, -0.05) is 43.7 Å². The minimum Gasteiger partial charge on any atom is -0.354 e. The molecule has 146 valence electrons. The van der Waals surface area contributed by atoms with Crippen LogP contribution in [0.25, 0.3) is 11.3 Å². The Morgan fingerprint density at radius 1 is 1.07 bits per heavy atom. The van der Waals surface area contributed by atoms with Crippen molar-refractivity contribution in [1.82, 2.24) is 15.1 Å². The molecule has 0 saturated heterocycles. The Balaban J connectivity index is 1.84. The Labute approximate surface area is 161 Å². The van der Waals surface area contributed by atoms with Gasteiger partial charge in [-0.15, -0.1) is 0 Å². The summed E-state index contributed by atoms with van der Waals surface area (Å²) in [7, 11) is 0. The van der Waals surface area contributed by atoms with Crippen molar-refractivity contribution in [2.24, 2.45) is 0 Å². The van der Waals surface area contributed by atoms with Crippen LogP contribution in [0.1, 0.15) is 33.1 Å². The van der Waals surface area contributed by atoms with E-state index in [1.807, 2.05) is 30.3 Å². The highest BCUT2D eigenvalue weighted by Crippen LogP contribution is 2.13. The first-order valence-corrected chi connectivity index (χ1v) is 9.88. The van der Waals surface area contributed by atoms with Crippen molar-refractivity contribution in [3.8, 4) is 11.3 Å². The molecule has 6 heteroatoms. The second kappa shape index (κ2) is 11.3. The summed E-state index contributed by atoms with van der Waals surface area (Å²) in [5, 5.41) is 7.23. The third kappa shape index (κ3) is 6.98. The number of nitrogens with zero attached hydrogens (tertiary/aromatic N) is 2. The summed E-state index contributed by atoms with van der Waals surface area (Å²) in [4.78, 5) is 25.8. The van der Waals surface area contributed by atoms with Crippen molar-refractivity contribution in [2.45, 2.75) is 39.7 Å². The molecule has 1 heterocycles. The molecule has 1 atom stereocenters. The molecule has 0 aliphatic heterocycles. The number of carbonyl (C=O) groups is 1.